The Labute approximate surface area is 86.0 Å². The summed E-state index contributed by atoms with van der Waals surface area (Å²) in [6.07, 6.45) is 3.97. The maximum atomic E-state index is 10.4. The van der Waals surface area contributed by atoms with E-state index in [1.54, 1.807) is 29.2 Å². The molecule has 0 amide bonds. The molecule has 0 saturated carbocycles. The van der Waals surface area contributed by atoms with Crippen LogP contribution in [0.3, 0.4) is 0 Å². The van der Waals surface area contributed by atoms with Crippen LogP contribution in [0.5, 0.6) is 0 Å². The Balaban J connectivity index is 2.39. The number of rotatable bonds is 2. The van der Waals surface area contributed by atoms with Crippen molar-refractivity contribution in [3.63, 3.8) is 0 Å². The van der Waals surface area contributed by atoms with Gasteiger partial charge in [-0.15, -0.1) is 0 Å². The molecule has 4 heteroatoms. The van der Waals surface area contributed by atoms with Crippen LogP contribution in [0.25, 0.3) is 5.69 Å². The molecule has 2 aromatic rings. The van der Waals surface area contributed by atoms with E-state index >= 15 is 0 Å². The van der Waals surface area contributed by atoms with Crippen LogP contribution >= 0.6 is 11.6 Å². The molecule has 70 valence electrons. The molecule has 0 aliphatic carbocycles. The lowest BCUT2D eigenvalue weighted by Crippen LogP contribution is -1.88. The number of imidazole rings is 1. The molecular formula is C10H7ClN2O. The highest BCUT2D eigenvalue weighted by molar-refractivity contribution is 6.30. The SMILES string of the molecule is O=Cc1cn(-c2ccc(Cl)cc2)cn1. The number of nitrogens with zero attached hydrogens (tertiary/aromatic N) is 2. The third-order valence-electron chi connectivity index (χ3n) is 1.85. The molecule has 0 bridgehead atoms. The third kappa shape index (κ3) is 1.67. The van der Waals surface area contributed by atoms with Gasteiger partial charge in [0.2, 0.25) is 0 Å². The van der Waals surface area contributed by atoms with Gasteiger partial charge in [-0.05, 0) is 24.3 Å². The van der Waals surface area contributed by atoms with Crippen molar-refractivity contribution in [2.75, 3.05) is 0 Å². The fourth-order valence-corrected chi connectivity index (χ4v) is 1.28. The van der Waals surface area contributed by atoms with E-state index in [0.717, 1.165) is 5.69 Å². The van der Waals surface area contributed by atoms with Crippen LogP contribution in [0.2, 0.25) is 5.02 Å². The average molecular weight is 207 g/mol. The Morgan fingerprint density at radius 1 is 1.29 bits per heavy atom. The van der Waals surface area contributed by atoms with E-state index in [1.807, 2.05) is 12.1 Å². The monoisotopic (exact) mass is 206 g/mol. The smallest absolute Gasteiger partial charge is 0.170 e. The van der Waals surface area contributed by atoms with Crippen LogP contribution in [0, 0.1) is 0 Å². The molecule has 1 aromatic heterocycles. The quantitative estimate of drug-likeness (QED) is 0.707. The van der Waals surface area contributed by atoms with Crippen molar-refractivity contribution >= 4 is 17.9 Å². The Hall–Kier alpha value is -1.61. The van der Waals surface area contributed by atoms with Gasteiger partial charge in [-0.2, -0.15) is 0 Å². The number of carbonyl (C=O) groups is 1. The summed E-state index contributed by atoms with van der Waals surface area (Å²) >= 11 is 5.75. The van der Waals surface area contributed by atoms with Crippen LogP contribution in [-0.2, 0) is 0 Å². The zero-order valence-electron chi connectivity index (χ0n) is 7.22. The molecule has 0 atom stereocenters. The lowest BCUT2D eigenvalue weighted by atomic mass is 10.3. The zero-order chi connectivity index (χ0) is 9.97. The number of hydrogen-bond donors (Lipinski definition) is 0. The van der Waals surface area contributed by atoms with E-state index in [-0.39, 0.29) is 0 Å². The summed E-state index contributed by atoms with van der Waals surface area (Å²) in [4.78, 5) is 14.3. The number of aldehydes is 1. The van der Waals surface area contributed by atoms with Crippen LogP contribution < -0.4 is 0 Å². The predicted molar refractivity (Wildman–Crippen MR) is 54.0 cm³/mol. The van der Waals surface area contributed by atoms with Gasteiger partial charge in [0.1, 0.15) is 12.0 Å². The van der Waals surface area contributed by atoms with Gasteiger partial charge in [-0.3, -0.25) is 4.79 Å². The first-order chi connectivity index (χ1) is 6.79. The third-order valence-corrected chi connectivity index (χ3v) is 2.10. The molecule has 14 heavy (non-hydrogen) atoms. The second-order valence-electron chi connectivity index (χ2n) is 2.80. The number of carbonyl (C=O) groups excluding carboxylic acids is 1. The Kier molecular flexibility index (Phi) is 2.33. The molecule has 0 fully saturated rings. The number of aromatic nitrogens is 2. The average Bonchev–Trinajstić information content (AvgIpc) is 2.67. The van der Waals surface area contributed by atoms with Crippen molar-refractivity contribution in [1.29, 1.82) is 0 Å². The van der Waals surface area contributed by atoms with E-state index in [9.17, 15) is 4.79 Å². The number of benzene rings is 1. The second kappa shape index (κ2) is 3.64. The maximum absolute atomic E-state index is 10.4. The molecule has 2 rings (SSSR count). The summed E-state index contributed by atoms with van der Waals surface area (Å²) in [7, 11) is 0. The first-order valence-electron chi connectivity index (χ1n) is 4.05. The summed E-state index contributed by atoms with van der Waals surface area (Å²) in [5, 5.41) is 0.685. The topological polar surface area (TPSA) is 34.9 Å². The Morgan fingerprint density at radius 2 is 2.00 bits per heavy atom. The van der Waals surface area contributed by atoms with E-state index in [2.05, 4.69) is 4.98 Å². The molecule has 0 N–H and O–H groups in total. The summed E-state index contributed by atoms with van der Waals surface area (Å²) in [5.74, 6) is 0. The van der Waals surface area contributed by atoms with Gasteiger partial charge < -0.3 is 4.57 Å². The molecule has 0 spiro atoms. The number of halogens is 1. The van der Waals surface area contributed by atoms with Gasteiger partial charge in [0, 0.05) is 16.9 Å². The van der Waals surface area contributed by atoms with Crippen molar-refractivity contribution < 1.29 is 4.79 Å². The van der Waals surface area contributed by atoms with Crippen LogP contribution in [0.15, 0.2) is 36.8 Å². The van der Waals surface area contributed by atoms with E-state index in [1.165, 1.54) is 0 Å². The van der Waals surface area contributed by atoms with E-state index in [0.29, 0.717) is 17.0 Å². The van der Waals surface area contributed by atoms with E-state index in [4.69, 9.17) is 11.6 Å². The predicted octanol–water partition coefficient (Wildman–Crippen LogP) is 2.34. The molecule has 0 unspecified atom stereocenters. The zero-order valence-corrected chi connectivity index (χ0v) is 7.98. The van der Waals surface area contributed by atoms with Crippen molar-refractivity contribution in [3.05, 3.63) is 47.5 Å². The first kappa shape index (κ1) is 8.97. The largest absolute Gasteiger partial charge is 0.306 e. The van der Waals surface area contributed by atoms with Crippen molar-refractivity contribution in [1.82, 2.24) is 9.55 Å². The molecule has 0 radical (unpaired) electrons. The van der Waals surface area contributed by atoms with Crippen LogP contribution in [0.1, 0.15) is 10.5 Å². The Morgan fingerprint density at radius 3 is 2.57 bits per heavy atom. The fourth-order valence-electron chi connectivity index (χ4n) is 1.15. The molecule has 0 aliphatic heterocycles. The lowest BCUT2D eigenvalue weighted by molar-refractivity contribution is 0.111. The van der Waals surface area contributed by atoms with Crippen LogP contribution in [-0.4, -0.2) is 15.8 Å². The minimum absolute atomic E-state index is 0.417. The fraction of sp³-hybridized carbons (Fsp3) is 0. The summed E-state index contributed by atoms with van der Waals surface area (Å²) in [6.45, 7) is 0. The molecule has 3 nitrogen and oxygen atoms in total. The maximum Gasteiger partial charge on any atom is 0.170 e. The highest BCUT2D eigenvalue weighted by Crippen LogP contribution is 2.13. The second-order valence-corrected chi connectivity index (χ2v) is 3.24. The van der Waals surface area contributed by atoms with Crippen molar-refractivity contribution in [2.45, 2.75) is 0 Å². The van der Waals surface area contributed by atoms with Gasteiger partial charge in [0.25, 0.3) is 0 Å². The van der Waals surface area contributed by atoms with Gasteiger partial charge in [0.05, 0.1) is 0 Å². The molecule has 1 aromatic carbocycles. The van der Waals surface area contributed by atoms with Gasteiger partial charge >= 0.3 is 0 Å². The molecule has 0 aliphatic rings. The Bertz CT molecular complexity index is 447. The van der Waals surface area contributed by atoms with Crippen molar-refractivity contribution in [3.8, 4) is 5.69 Å². The van der Waals surface area contributed by atoms with Gasteiger partial charge in [0.15, 0.2) is 6.29 Å². The van der Waals surface area contributed by atoms with E-state index < -0.39 is 0 Å². The minimum atomic E-state index is 0.417. The lowest BCUT2D eigenvalue weighted by Gasteiger charge is -2.00. The van der Waals surface area contributed by atoms with Gasteiger partial charge in [-0.25, -0.2) is 4.98 Å². The van der Waals surface area contributed by atoms with Crippen LogP contribution in [0.4, 0.5) is 0 Å². The molecule has 1 heterocycles. The minimum Gasteiger partial charge on any atom is -0.306 e. The first-order valence-corrected chi connectivity index (χ1v) is 4.42. The summed E-state index contributed by atoms with van der Waals surface area (Å²) in [5.41, 5.74) is 1.34. The molecule has 0 saturated heterocycles. The van der Waals surface area contributed by atoms with Gasteiger partial charge in [-0.1, -0.05) is 11.6 Å². The highest BCUT2D eigenvalue weighted by atomic mass is 35.5. The normalized spacial score (nSPS) is 10.1. The highest BCUT2D eigenvalue weighted by Gasteiger charge is 1.98. The standard InChI is InChI=1S/C10H7ClN2O/c11-8-1-3-10(4-2-8)13-5-9(6-14)12-7-13/h1-7H. The summed E-state index contributed by atoms with van der Waals surface area (Å²) < 4.78 is 1.76. The molecular weight excluding hydrogens is 200 g/mol. The summed E-state index contributed by atoms with van der Waals surface area (Å²) in [6, 6.07) is 7.30. The number of hydrogen-bond acceptors (Lipinski definition) is 2. The van der Waals surface area contributed by atoms with Crippen molar-refractivity contribution in [2.24, 2.45) is 0 Å².